The van der Waals surface area contributed by atoms with E-state index in [1.54, 1.807) is 9.58 Å². The van der Waals surface area contributed by atoms with Gasteiger partial charge in [-0.2, -0.15) is 5.26 Å². The van der Waals surface area contributed by atoms with Gasteiger partial charge in [0.25, 0.3) is 0 Å². The highest BCUT2D eigenvalue weighted by Crippen LogP contribution is 2.38. The van der Waals surface area contributed by atoms with Crippen molar-refractivity contribution < 1.29 is 13.9 Å². The molecule has 0 saturated carbocycles. The van der Waals surface area contributed by atoms with Crippen LogP contribution in [0.5, 0.6) is 0 Å². The van der Waals surface area contributed by atoms with Crippen LogP contribution in [-0.2, 0) is 4.74 Å². The van der Waals surface area contributed by atoms with Crippen LogP contribution in [0.25, 0.3) is 21.9 Å². The molecule has 0 N–H and O–H groups in total. The van der Waals surface area contributed by atoms with E-state index < -0.39 is 17.5 Å². The van der Waals surface area contributed by atoms with Crippen molar-refractivity contribution in [1.29, 1.82) is 5.26 Å². The number of rotatable bonds is 5. The van der Waals surface area contributed by atoms with E-state index in [1.165, 1.54) is 6.20 Å². The van der Waals surface area contributed by atoms with Gasteiger partial charge in [-0.1, -0.05) is 23.7 Å². The first kappa shape index (κ1) is 27.3. The quantitative estimate of drug-likeness (QED) is 0.426. The van der Waals surface area contributed by atoms with Crippen LogP contribution < -0.4 is 4.90 Å². The average Bonchev–Trinajstić information content (AvgIpc) is 3.30. The molecule has 5 rings (SSSR count). The smallest absolute Gasteiger partial charge is 0.410 e. The molecule has 2 aliphatic heterocycles. The second-order valence-corrected chi connectivity index (χ2v) is 11.6. The summed E-state index contributed by atoms with van der Waals surface area (Å²) in [5.74, 6) is -0.125. The van der Waals surface area contributed by atoms with E-state index >= 15 is 4.39 Å². The number of likely N-dealkylation sites (tertiary alicyclic amines) is 1. The lowest BCUT2D eigenvalue weighted by molar-refractivity contribution is 0.00557. The van der Waals surface area contributed by atoms with Crippen molar-refractivity contribution in [1.82, 2.24) is 34.8 Å². The molecule has 0 radical (unpaired) electrons. The number of carbonyl (C=O) groups excluding carboxylic acids is 1. The molecule has 0 unspecified atom stereocenters. The fourth-order valence-electron chi connectivity index (χ4n) is 5.34. The van der Waals surface area contributed by atoms with E-state index in [0.29, 0.717) is 47.7 Å². The van der Waals surface area contributed by atoms with Crippen LogP contribution in [0.3, 0.4) is 0 Å². The molecule has 5 heterocycles. The van der Waals surface area contributed by atoms with Crippen LogP contribution in [0.15, 0.2) is 6.20 Å². The van der Waals surface area contributed by atoms with E-state index in [2.05, 4.69) is 50.1 Å². The number of hydrogen-bond acceptors (Lipinski definition) is 9. The summed E-state index contributed by atoms with van der Waals surface area (Å²) in [5.41, 5.74) is 0.662. The molecule has 3 aromatic heterocycles. The van der Waals surface area contributed by atoms with E-state index in [4.69, 9.17) is 16.3 Å². The molecule has 0 spiro atoms. The third kappa shape index (κ3) is 5.05. The molecule has 1 amide bonds. The first-order chi connectivity index (χ1) is 18.5. The highest BCUT2D eigenvalue weighted by atomic mass is 35.5. The van der Waals surface area contributed by atoms with Crippen LogP contribution in [0.2, 0.25) is 5.15 Å². The Balaban J connectivity index is 1.54. The monoisotopic (exact) mass is 557 g/mol. The van der Waals surface area contributed by atoms with Gasteiger partial charge in [-0.15, -0.1) is 5.10 Å². The zero-order valence-corrected chi connectivity index (χ0v) is 23.6. The molecule has 39 heavy (non-hydrogen) atoms. The molecule has 2 aliphatic rings. The van der Waals surface area contributed by atoms with Gasteiger partial charge in [0.15, 0.2) is 22.3 Å². The number of halogens is 2. The summed E-state index contributed by atoms with van der Waals surface area (Å²) < 4.78 is 22.6. The number of piperidine rings is 1. The van der Waals surface area contributed by atoms with E-state index in [9.17, 15) is 10.1 Å². The molecule has 208 valence electrons. The molecule has 2 saturated heterocycles. The number of hydrogen-bond donors (Lipinski definition) is 0. The number of anilines is 1. The Kier molecular flexibility index (Phi) is 7.24. The first-order valence-corrected chi connectivity index (χ1v) is 13.6. The van der Waals surface area contributed by atoms with Crippen molar-refractivity contribution in [2.24, 2.45) is 0 Å². The summed E-state index contributed by atoms with van der Waals surface area (Å²) >= 11 is 6.05. The highest BCUT2D eigenvalue weighted by Gasteiger charge is 2.38. The fourth-order valence-corrected chi connectivity index (χ4v) is 5.48. The van der Waals surface area contributed by atoms with Crippen LogP contribution >= 0.6 is 11.6 Å². The van der Waals surface area contributed by atoms with Crippen molar-refractivity contribution in [2.75, 3.05) is 38.1 Å². The molecule has 0 aliphatic carbocycles. The lowest BCUT2D eigenvalue weighted by Gasteiger charge is -2.44. The topological polar surface area (TPSA) is 116 Å². The van der Waals surface area contributed by atoms with Gasteiger partial charge in [-0.3, -0.25) is 0 Å². The highest BCUT2D eigenvalue weighted by molar-refractivity contribution is 6.30. The summed E-state index contributed by atoms with van der Waals surface area (Å²) in [6.45, 7) is 10.3. The molecule has 3 aromatic rings. The van der Waals surface area contributed by atoms with Crippen molar-refractivity contribution in [2.45, 2.75) is 70.7 Å². The van der Waals surface area contributed by atoms with Crippen LogP contribution in [0, 0.1) is 17.1 Å². The number of aromatic nitrogens is 5. The molecule has 0 bridgehead atoms. The minimum atomic E-state index is -0.685. The molecule has 13 heteroatoms. The Bertz CT molecular complexity index is 1440. The largest absolute Gasteiger partial charge is 0.444 e. The van der Waals surface area contributed by atoms with Gasteiger partial charge in [-0.25, -0.2) is 23.8 Å². The van der Waals surface area contributed by atoms with Crippen LogP contribution in [-0.4, -0.2) is 91.8 Å². The Morgan fingerprint density at radius 2 is 2.08 bits per heavy atom. The second kappa shape index (κ2) is 10.4. The maximum absolute atomic E-state index is 15.2. The summed E-state index contributed by atoms with van der Waals surface area (Å²) in [7, 11) is 2.08. The number of ether oxygens (including phenoxy) is 1. The number of pyridine rings is 2. The molecule has 2 atom stereocenters. The fraction of sp³-hybridized carbons (Fsp3) is 0.615. The third-order valence-electron chi connectivity index (χ3n) is 7.60. The van der Waals surface area contributed by atoms with Crippen LogP contribution in [0.1, 0.15) is 53.0 Å². The van der Waals surface area contributed by atoms with Crippen molar-refractivity contribution in [3.05, 3.63) is 17.2 Å². The number of fused-ring (bicyclic) bond motifs is 3. The van der Waals surface area contributed by atoms with E-state index in [0.717, 1.165) is 19.6 Å². The van der Waals surface area contributed by atoms with Crippen molar-refractivity contribution in [3.8, 4) is 6.07 Å². The number of carbonyl (C=O) groups is 1. The SMILES string of the molecule is CCN(C)C1CN(c2nc3c(F)c(Cl)ncc3c3c2nnn3[C@H]2CCN(C(=O)OC(C)(C)C)[C@H](CC#N)C2)C1. The summed E-state index contributed by atoms with van der Waals surface area (Å²) in [6, 6.07) is 2.03. The van der Waals surface area contributed by atoms with Gasteiger partial charge in [0.1, 0.15) is 16.6 Å². The van der Waals surface area contributed by atoms with E-state index in [-0.39, 0.29) is 29.2 Å². The number of likely N-dealkylation sites (N-methyl/N-ethyl adjacent to an activating group) is 1. The summed E-state index contributed by atoms with van der Waals surface area (Å²) in [6.07, 6.45) is 2.26. The number of amides is 1. The van der Waals surface area contributed by atoms with Gasteiger partial charge in [-0.05, 0) is 47.2 Å². The normalized spacial score (nSPS) is 20.5. The number of nitrogens with zero attached hydrogens (tertiary/aromatic N) is 9. The van der Waals surface area contributed by atoms with Gasteiger partial charge in [0.2, 0.25) is 0 Å². The Morgan fingerprint density at radius 1 is 1.33 bits per heavy atom. The minimum Gasteiger partial charge on any atom is -0.444 e. The second-order valence-electron chi connectivity index (χ2n) is 11.3. The predicted molar refractivity (Wildman–Crippen MR) is 145 cm³/mol. The Morgan fingerprint density at radius 3 is 2.74 bits per heavy atom. The van der Waals surface area contributed by atoms with Gasteiger partial charge < -0.3 is 19.4 Å². The summed E-state index contributed by atoms with van der Waals surface area (Å²) in [5, 5.41) is 18.7. The number of nitriles is 1. The lowest BCUT2D eigenvalue weighted by atomic mass is 9.95. The third-order valence-corrected chi connectivity index (χ3v) is 7.87. The average molecular weight is 558 g/mol. The van der Waals surface area contributed by atoms with E-state index in [1.807, 2.05) is 20.8 Å². The first-order valence-electron chi connectivity index (χ1n) is 13.2. The maximum atomic E-state index is 15.2. The van der Waals surface area contributed by atoms with Crippen LogP contribution in [0.4, 0.5) is 15.0 Å². The van der Waals surface area contributed by atoms with Gasteiger partial charge in [0.05, 0.1) is 24.6 Å². The van der Waals surface area contributed by atoms with Gasteiger partial charge >= 0.3 is 6.09 Å². The predicted octanol–water partition coefficient (Wildman–Crippen LogP) is 4.16. The zero-order valence-electron chi connectivity index (χ0n) is 22.9. The standard InChI is InChI=1S/C26H33ClFN9O2/c1-6-34(5)17-13-35(14-17)24-21-22(18-12-30-23(27)19(28)20(18)31-24)37(33-32-21)16-8-10-36(15(11-16)7-9-29)25(38)39-26(2,3)4/h12,15-17H,6-8,10-11,13-14H2,1-5H3/t15-,16+/m1/s1. The lowest BCUT2D eigenvalue weighted by Crippen LogP contribution is -2.58. The molecule has 11 nitrogen and oxygen atoms in total. The molecular formula is C26H33ClFN9O2. The maximum Gasteiger partial charge on any atom is 0.410 e. The Labute approximate surface area is 231 Å². The Hall–Kier alpha value is -3.30. The van der Waals surface area contributed by atoms with Crippen molar-refractivity contribution in [3.63, 3.8) is 0 Å². The molecular weight excluding hydrogens is 525 g/mol. The van der Waals surface area contributed by atoms with Crippen molar-refractivity contribution >= 4 is 45.4 Å². The van der Waals surface area contributed by atoms with Gasteiger partial charge in [0, 0.05) is 37.3 Å². The minimum absolute atomic E-state index is 0.119. The summed E-state index contributed by atoms with van der Waals surface area (Å²) in [4.78, 5) is 27.5. The zero-order chi connectivity index (χ0) is 28.1. The molecule has 2 fully saturated rings. The molecule has 0 aromatic carbocycles.